The van der Waals surface area contributed by atoms with Crippen LogP contribution in [0.1, 0.15) is 64.1 Å². The van der Waals surface area contributed by atoms with Crippen molar-refractivity contribution in [1.29, 1.82) is 0 Å². The van der Waals surface area contributed by atoms with Crippen molar-refractivity contribution in [2.75, 3.05) is 18.0 Å². The van der Waals surface area contributed by atoms with E-state index in [2.05, 4.69) is 37.8 Å². The molecule has 1 aromatic rings. The molecule has 1 saturated heterocycles. The van der Waals surface area contributed by atoms with Gasteiger partial charge in [-0.2, -0.15) is 0 Å². The predicted octanol–water partition coefficient (Wildman–Crippen LogP) is 5.18. The summed E-state index contributed by atoms with van der Waals surface area (Å²) < 4.78 is 0. The summed E-state index contributed by atoms with van der Waals surface area (Å²) in [7, 11) is 0. The van der Waals surface area contributed by atoms with Crippen molar-refractivity contribution in [2.24, 2.45) is 5.41 Å². The first kappa shape index (κ1) is 16.6. The Hall–Kier alpha value is -0.760. The van der Waals surface area contributed by atoms with Crippen molar-refractivity contribution >= 4 is 17.4 Å². The molecule has 1 aliphatic rings. The molecule has 2 nitrogen and oxygen atoms in total. The number of hydrogen-bond donors (Lipinski definition) is 0. The molecule has 118 valence electrons. The monoisotopic (exact) mass is 308 g/mol. The van der Waals surface area contributed by atoms with E-state index in [-0.39, 0.29) is 0 Å². The lowest BCUT2D eigenvalue weighted by Crippen LogP contribution is -2.40. The highest BCUT2D eigenvalue weighted by Crippen LogP contribution is 2.39. The summed E-state index contributed by atoms with van der Waals surface area (Å²) in [6.45, 7) is 9.14. The second-order valence-electron chi connectivity index (χ2n) is 6.40. The summed E-state index contributed by atoms with van der Waals surface area (Å²) in [5.74, 6) is 1.71. The first-order chi connectivity index (χ1) is 10.2. The maximum atomic E-state index is 6.05. The van der Waals surface area contributed by atoms with Gasteiger partial charge in [0.15, 0.2) is 0 Å². The van der Waals surface area contributed by atoms with E-state index in [1.54, 1.807) is 0 Å². The van der Waals surface area contributed by atoms with Gasteiger partial charge in [0.25, 0.3) is 0 Å². The summed E-state index contributed by atoms with van der Waals surface area (Å²) in [6, 6.07) is 4.34. The summed E-state index contributed by atoms with van der Waals surface area (Å²) >= 11 is 6.05. The number of alkyl halides is 1. The van der Waals surface area contributed by atoms with E-state index in [0.717, 1.165) is 31.7 Å². The Morgan fingerprint density at radius 1 is 1.14 bits per heavy atom. The topological polar surface area (TPSA) is 16.1 Å². The standard InChI is InChI=1S/C18H29ClN2/c1-4-7-16-12-15(14-19)13-17(20-16)21-10-8-18(5-2,6-3)9-11-21/h12-13H,4-11,14H2,1-3H3. The van der Waals surface area contributed by atoms with Gasteiger partial charge in [-0.3, -0.25) is 0 Å². The zero-order chi connectivity index (χ0) is 15.3. The third-order valence-electron chi connectivity index (χ3n) is 5.23. The van der Waals surface area contributed by atoms with Crippen LogP contribution in [0, 0.1) is 5.41 Å². The minimum absolute atomic E-state index is 0.562. The van der Waals surface area contributed by atoms with Gasteiger partial charge < -0.3 is 4.90 Å². The van der Waals surface area contributed by atoms with Gasteiger partial charge in [-0.25, -0.2) is 4.98 Å². The molecule has 0 unspecified atom stereocenters. The first-order valence-corrected chi connectivity index (χ1v) is 9.00. The fourth-order valence-electron chi connectivity index (χ4n) is 3.42. The van der Waals surface area contributed by atoms with Crippen molar-refractivity contribution in [3.63, 3.8) is 0 Å². The molecule has 2 rings (SSSR count). The Kier molecular flexibility index (Phi) is 5.92. The molecule has 0 spiro atoms. The van der Waals surface area contributed by atoms with E-state index in [0.29, 0.717) is 11.3 Å². The third kappa shape index (κ3) is 3.91. The molecular weight excluding hydrogens is 280 g/mol. The number of aromatic nitrogens is 1. The van der Waals surface area contributed by atoms with Gasteiger partial charge in [0.05, 0.1) is 0 Å². The molecule has 0 N–H and O–H groups in total. The average molecular weight is 309 g/mol. The Morgan fingerprint density at radius 3 is 2.33 bits per heavy atom. The Bertz CT molecular complexity index is 445. The molecule has 3 heteroatoms. The third-order valence-corrected chi connectivity index (χ3v) is 5.54. The van der Waals surface area contributed by atoms with Crippen molar-refractivity contribution in [1.82, 2.24) is 4.98 Å². The summed E-state index contributed by atoms with van der Waals surface area (Å²) in [6.07, 6.45) is 7.35. The molecule has 0 radical (unpaired) electrons. The van der Waals surface area contributed by atoms with Crippen molar-refractivity contribution < 1.29 is 0 Å². The van der Waals surface area contributed by atoms with Gasteiger partial charge in [0.1, 0.15) is 5.82 Å². The molecule has 1 aromatic heterocycles. The van der Waals surface area contributed by atoms with Crippen LogP contribution in [-0.2, 0) is 12.3 Å². The number of hydrogen-bond acceptors (Lipinski definition) is 2. The van der Waals surface area contributed by atoms with Crippen LogP contribution in [0.2, 0.25) is 0 Å². The van der Waals surface area contributed by atoms with Crippen LogP contribution in [0.5, 0.6) is 0 Å². The highest BCUT2D eigenvalue weighted by atomic mass is 35.5. The van der Waals surface area contributed by atoms with E-state index in [1.807, 2.05) is 0 Å². The van der Waals surface area contributed by atoms with Crippen LogP contribution in [-0.4, -0.2) is 18.1 Å². The highest BCUT2D eigenvalue weighted by Gasteiger charge is 2.31. The number of rotatable bonds is 6. The second kappa shape index (κ2) is 7.49. The Labute approximate surface area is 134 Å². The van der Waals surface area contributed by atoms with E-state index < -0.39 is 0 Å². The molecule has 1 aliphatic heterocycles. The summed E-state index contributed by atoms with van der Waals surface area (Å²) in [5, 5.41) is 0. The fourth-order valence-corrected chi connectivity index (χ4v) is 3.58. The summed E-state index contributed by atoms with van der Waals surface area (Å²) in [5.41, 5.74) is 2.95. The molecule has 2 heterocycles. The molecule has 0 aliphatic carbocycles. The van der Waals surface area contributed by atoms with Gasteiger partial charge in [-0.1, -0.05) is 40.0 Å². The van der Waals surface area contributed by atoms with Crippen molar-refractivity contribution in [3.8, 4) is 0 Å². The van der Waals surface area contributed by atoms with Crippen molar-refractivity contribution in [2.45, 2.75) is 65.2 Å². The maximum absolute atomic E-state index is 6.05. The van der Waals surface area contributed by atoms with Crippen LogP contribution >= 0.6 is 11.6 Å². The maximum Gasteiger partial charge on any atom is 0.129 e. The van der Waals surface area contributed by atoms with E-state index in [4.69, 9.17) is 16.6 Å². The molecule has 21 heavy (non-hydrogen) atoms. The molecule has 0 saturated carbocycles. The van der Waals surface area contributed by atoms with Crippen LogP contribution < -0.4 is 4.90 Å². The van der Waals surface area contributed by atoms with Crippen LogP contribution in [0.15, 0.2) is 12.1 Å². The molecular formula is C18H29ClN2. The summed E-state index contributed by atoms with van der Waals surface area (Å²) in [4.78, 5) is 7.32. The molecule has 0 amide bonds. The minimum Gasteiger partial charge on any atom is -0.357 e. The fraction of sp³-hybridized carbons (Fsp3) is 0.722. The lowest BCUT2D eigenvalue weighted by Gasteiger charge is -2.41. The largest absolute Gasteiger partial charge is 0.357 e. The molecule has 1 fully saturated rings. The number of piperidine rings is 1. The van der Waals surface area contributed by atoms with Crippen LogP contribution in [0.25, 0.3) is 0 Å². The number of aryl methyl sites for hydroxylation is 1. The first-order valence-electron chi connectivity index (χ1n) is 8.47. The number of halogens is 1. The van der Waals surface area contributed by atoms with Gasteiger partial charge in [-0.15, -0.1) is 11.6 Å². The van der Waals surface area contributed by atoms with Crippen LogP contribution in [0.3, 0.4) is 0 Å². The zero-order valence-corrected chi connectivity index (χ0v) is 14.5. The average Bonchev–Trinajstić information content (AvgIpc) is 2.55. The highest BCUT2D eigenvalue weighted by molar-refractivity contribution is 6.17. The SMILES string of the molecule is CCCc1cc(CCl)cc(N2CCC(CC)(CC)CC2)n1. The minimum atomic E-state index is 0.562. The Balaban J connectivity index is 2.14. The van der Waals surface area contributed by atoms with Gasteiger partial charge in [0.2, 0.25) is 0 Å². The number of anilines is 1. The normalized spacial score (nSPS) is 18.0. The Morgan fingerprint density at radius 2 is 1.81 bits per heavy atom. The number of pyridine rings is 1. The van der Waals surface area contributed by atoms with Gasteiger partial charge >= 0.3 is 0 Å². The predicted molar refractivity (Wildman–Crippen MR) is 92.3 cm³/mol. The number of nitrogens with zero attached hydrogens (tertiary/aromatic N) is 2. The second-order valence-corrected chi connectivity index (χ2v) is 6.67. The quantitative estimate of drug-likeness (QED) is 0.673. The van der Waals surface area contributed by atoms with E-state index >= 15 is 0 Å². The molecule has 0 aromatic carbocycles. The van der Waals surface area contributed by atoms with Crippen LogP contribution in [0.4, 0.5) is 5.82 Å². The lowest BCUT2D eigenvalue weighted by atomic mass is 9.74. The van der Waals surface area contributed by atoms with E-state index in [9.17, 15) is 0 Å². The van der Waals surface area contributed by atoms with Crippen molar-refractivity contribution in [3.05, 3.63) is 23.4 Å². The lowest BCUT2D eigenvalue weighted by molar-refractivity contribution is 0.199. The zero-order valence-electron chi connectivity index (χ0n) is 13.8. The molecule has 0 bridgehead atoms. The van der Waals surface area contributed by atoms with Gasteiger partial charge in [-0.05, 0) is 42.4 Å². The van der Waals surface area contributed by atoms with E-state index in [1.165, 1.54) is 36.9 Å². The van der Waals surface area contributed by atoms with Gasteiger partial charge in [0, 0.05) is 24.7 Å². The smallest absolute Gasteiger partial charge is 0.129 e. The molecule has 0 atom stereocenters.